The zero-order chi connectivity index (χ0) is 11.4. The van der Waals surface area contributed by atoms with Gasteiger partial charge in [-0.3, -0.25) is 0 Å². The number of hydrogen-bond acceptors (Lipinski definition) is 2. The summed E-state index contributed by atoms with van der Waals surface area (Å²) in [5.41, 5.74) is 5.92. The first-order valence-corrected chi connectivity index (χ1v) is 5.62. The van der Waals surface area contributed by atoms with E-state index in [1.165, 1.54) is 6.42 Å². The Morgan fingerprint density at radius 3 is 2.29 bits per heavy atom. The molecule has 84 valence electrons. The Kier molecular flexibility index (Phi) is 5.60. The Hall–Kier alpha value is -0.150. The zero-order valence-corrected chi connectivity index (χ0v) is 10.9. The predicted molar refractivity (Wildman–Crippen MR) is 67.6 cm³/mol. The van der Waals surface area contributed by atoms with Crippen LogP contribution in [0.15, 0.2) is 0 Å². The molecule has 0 aliphatic heterocycles. The summed E-state index contributed by atoms with van der Waals surface area (Å²) in [7, 11) is 2.13. The second-order valence-electron chi connectivity index (χ2n) is 5.31. The normalized spacial score (nSPS) is 14.4. The molecular weight excluding hydrogens is 192 g/mol. The molecule has 0 aliphatic carbocycles. The first-order valence-electron chi connectivity index (χ1n) is 5.21. The maximum absolute atomic E-state index is 5.52. The smallest absolute Gasteiger partial charge is 0.0742 e. The molecule has 14 heavy (non-hydrogen) atoms. The van der Waals surface area contributed by atoms with Crippen molar-refractivity contribution in [1.29, 1.82) is 0 Å². The lowest BCUT2D eigenvalue weighted by molar-refractivity contribution is 0.220. The van der Waals surface area contributed by atoms with E-state index in [4.69, 9.17) is 18.0 Å². The van der Waals surface area contributed by atoms with Crippen molar-refractivity contribution in [3.8, 4) is 0 Å². The van der Waals surface area contributed by atoms with Gasteiger partial charge in [0, 0.05) is 12.5 Å². The van der Waals surface area contributed by atoms with Crippen LogP contribution in [0.2, 0.25) is 0 Å². The molecule has 0 saturated heterocycles. The lowest BCUT2D eigenvalue weighted by Gasteiger charge is -2.28. The number of thiocarbonyl (C=S) groups is 1. The molecule has 0 rings (SSSR count). The highest BCUT2D eigenvalue weighted by Gasteiger charge is 2.14. The summed E-state index contributed by atoms with van der Waals surface area (Å²) in [6.45, 7) is 10.1. The van der Waals surface area contributed by atoms with Gasteiger partial charge in [0.25, 0.3) is 0 Å². The second kappa shape index (κ2) is 5.66. The SMILES string of the molecule is CC(CC(N)=S)N(C)CCC(C)(C)C. The average Bonchev–Trinajstić information content (AvgIpc) is 1.97. The lowest BCUT2D eigenvalue weighted by Crippen LogP contribution is -2.34. The van der Waals surface area contributed by atoms with Crippen molar-refractivity contribution in [2.75, 3.05) is 13.6 Å². The van der Waals surface area contributed by atoms with Crippen LogP contribution in [0.3, 0.4) is 0 Å². The van der Waals surface area contributed by atoms with Crippen molar-refractivity contribution in [2.24, 2.45) is 11.1 Å². The molecule has 0 bridgehead atoms. The first-order chi connectivity index (χ1) is 6.22. The topological polar surface area (TPSA) is 29.3 Å². The van der Waals surface area contributed by atoms with E-state index in [-0.39, 0.29) is 0 Å². The van der Waals surface area contributed by atoms with Crippen LogP contribution in [0.5, 0.6) is 0 Å². The van der Waals surface area contributed by atoms with Crippen molar-refractivity contribution in [3.63, 3.8) is 0 Å². The van der Waals surface area contributed by atoms with E-state index in [1.807, 2.05) is 0 Å². The molecule has 2 N–H and O–H groups in total. The number of nitrogens with two attached hydrogens (primary N) is 1. The van der Waals surface area contributed by atoms with Gasteiger partial charge in [-0.1, -0.05) is 33.0 Å². The Morgan fingerprint density at radius 1 is 1.43 bits per heavy atom. The van der Waals surface area contributed by atoms with Crippen LogP contribution in [0.1, 0.15) is 40.5 Å². The largest absolute Gasteiger partial charge is 0.393 e. The lowest BCUT2D eigenvalue weighted by atomic mass is 9.92. The molecule has 1 atom stereocenters. The van der Waals surface area contributed by atoms with E-state index in [1.54, 1.807) is 0 Å². The second-order valence-corrected chi connectivity index (χ2v) is 5.84. The molecule has 0 aromatic rings. The molecule has 1 unspecified atom stereocenters. The Bertz CT molecular complexity index is 184. The minimum atomic E-state index is 0.400. The third-order valence-electron chi connectivity index (χ3n) is 2.46. The van der Waals surface area contributed by atoms with Crippen molar-refractivity contribution < 1.29 is 0 Å². The van der Waals surface area contributed by atoms with Gasteiger partial charge in [0.15, 0.2) is 0 Å². The van der Waals surface area contributed by atoms with E-state index >= 15 is 0 Å². The summed E-state index contributed by atoms with van der Waals surface area (Å²) < 4.78 is 0. The molecule has 0 fully saturated rings. The summed E-state index contributed by atoms with van der Waals surface area (Å²) in [5, 5.41) is 0. The maximum atomic E-state index is 5.52. The van der Waals surface area contributed by atoms with Crippen LogP contribution >= 0.6 is 12.2 Å². The molecule has 0 spiro atoms. The quantitative estimate of drug-likeness (QED) is 0.716. The standard InChI is InChI=1S/C11H24N2S/c1-9(8-10(12)14)13(5)7-6-11(2,3)4/h9H,6-8H2,1-5H3,(H2,12,14). The fourth-order valence-electron chi connectivity index (χ4n) is 1.18. The van der Waals surface area contributed by atoms with E-state index in [0.29, 0.717) is 16.4 Å². The molecule has 0 radical (unpaired) electrons. The van der Waals surface area contributed by atoms with Gasteiger partial charge in [0.1, 0.15) is 0 Å². The monoisotopic (exact) mass is 216 g/mol. The number of nitrogens with zero attached hydrogens (tertiary/aromatic N) is 1. The zero-order valence-electron chi connectivity index (χ0n) is 10.1. The van der Waals surface area contributed by atoms with Gasteiger partial charge in [-0.15, -0.1) is 0 Å². The Morgan fingerprint density at radius 2 is 1.93 bits per heavy atom. The number of rotatable bonds is 5. The third kappa shape index (κ3) is 7.27. The molecule has 0 aromatic heterocycles. The van der Waals surface area contributed by atoms with Gasteiger partial charge < -0.3 is 10.6 Å². The van der Waals surface area contributed by atoms with E-state index in [0.717, 1.165) is 13.0 Å². The highest BCUT2D eigenvalue weighted by molar-refractivity contribution is 7.80. The molecule has 0 aliphatic rings. The third-order valence-corrected chi connectivity index (χ3v) is 2.63. The average molecular weight is 216 g/mol. The minimum absolute atomic E-state index is 0.400. The number of hydrogen-bond donors (Lipinski definition) is 1. The van der Waals surface area contributed by atoms with Crippen LogP contribution in [0, 0.1) is 5.41 Å². The minimum Gasteiger partial charge on any atom is -0.393 e. The predicted octanol–water partition coefficient (Wildman–Crippen LogP) is 2.42. The van der Waals surface area contributed by atoms with Gasteiger partial charge in [-0.2, -0.15) is 0 Å². The fraction of sp³-hybridized carbons (Fsp3) is 0.909. The highest BCUT2D eigenvalue weighted by atomic mass is 32.1. The Labute approximate surface area is 93.8 Å². The van der Waals surface area contributed by atoms with Crippen molar-refractivity contribution in [1.82, 2.24) is 4.90 Å². The first kappa shape index (κ1) is 13.8. The molecule has 0 amide bonds. The van der Waals surface area contributed by atoms with Gasteiger partial charge in [-0.05, 0) is 32.4 Å². The fourth-order valence-corrected chi connectivity index (χ4v) is 1.42. The summed E-state index contributed by atoms with van der Waals surface area (Å²) in [4.78, 5) is 2.94. The van der Waals surface area contributed by atoms with Crippen molar-refractivity contribution >= 4 is 17.2 Å². The van der Waals surface area contributed by atoms with Crippen molar-refractivity contribution in [2.45, 2.75) is 46.6 Å². The van der Waals surface area contributed by atoms with E-state index in [2.05, 4.69) is 39.6 Å². The summed E-state index contributed by atoms with van der Waals surface area (Å²) in [6.07, 6.45) is 2.02. The highest BCUT2D eigenvalue weighted by Crippen LogP contribution is 2.19. The molecule has 0 heterocycles. The molecule has 3 heteroatoms. The van der Waals surface area contributed by atoms with Crippen LogP contribution in [-0.2, 0) is 0 Å². The van der Waals surface area contributed by atoms with Gasteiger partial charge in [-0.25, -0.2) is 0 Å². The van der Waals surface area contributed by atoms with Crippen molar-refractivity contribution in [3.05, 3.63) is 0 Å². The van der Waals surface area contributed by atoms with E-state index in [9.17, 15) is 0 Å². The summed E-state index contributed by atoms with van der Waals surface area (Å²) in [6, 6.07) is 0.454. The van der Waals surface area contributed by atoms with Gasteiger partial charge >= 0.3 is 0 Å². The van der Waals surface area contributed by atoms with E-state index < -0.39 is 0 Å². The summed E-state index contributed by atoms with van der Waals surface area (Å²) in [5.74, 6) is 0. The van der Waals surface area contributed by atoms with Crippen LogP contribution in [0.25, 0.3) is 0 Å². The van der Waals surface area contributed by atoms with Crippen LogP contribution < -0.4 is 5.73 Å². The van der Waals surface area contributed by atoms with Crippen LogP contribution in [0.4, 0.5) is 0 Å². The van der Waals surface area contributed by atoms with Gasteiger partial charge in [0.05, 0.1) is 4.99 Å². The molecular formula is C11H24N2S. The molecule has 2 nitrogen and oxygen atoms in total. The summed E-state index contributed by atoms with van der Waals surface area (Å²) >= 11 is 4.90. The molecule has 0 aromatic carbocycles. The van der Waals surface area contributed by atoms with Gasteiger partial charge in [0.2, 0.25) is 0 Å². The molecule has 0 saturated carbocycles. The van der Waals surface area contributed by atoms with Crippen LogP contribution in [-0.4, -0.2) is 29.5 Å². The maximum Gasteiger partial charge on any atom is 0.0742 e. The Balaban J connectivity index is 3.84.